The van der Waals surface area contributed by atoms with E-state index in [2.05, 4.69) is 10.6 Å². The van der Waals surface area contributed by atoms with Crippen molar-refractivity contribution in [1.82, 2.24) is 0 Å². The molecular weight excluding hydrogens is 644 g/mol. The highest BCUT2D eigenvalue weighted by molar-refractivity contribution is 7.99. The number of anilines is 2. The molecule has 7 rings (SSSR count). The number of aliphatic hydroxyl groups is 1. The lowest BCUT2D eigenvalue weighted by atomic mass is 9.80. The number of phenolic OH excluding ortho intramolecular Hbond substituents is 1. The van der Waals surface area contributed by atoms with Crippen LogP contribution in [0.25, 0.3) is 49.2 Å². The fraction of sp³-hybridized carbons (Fsp3) is 0.395. The molecule has 0 saturated heterocycles. The van der Waals surface area contributed by atoms with Crippen LogP contribution in [-0.2, 0) is 4.79 Å². The van der Waals surface area contributed by atoms with Gasteiger partial charge in [0.1, 0.15) is 17.3 Å². The quantitative estimate of drug-likeness (QED) is 0.0518. The topological polar surface area (TPSA) is 143 Å². The first-order chi connectivity index (χ1) is 23.6. The zero-order valence-corrected chi connectivity index (χ0v) is 29.3. The van der Waals surface area contributed by atoms with Gasteiger partial charge in [0, 0.05) is 62.5 Å². The molecule has 0 amide bonds. The summed E-state index contributed by atoms with van der Waals surface area (Å²) in [5.41, 5.74) is 1.81. The number of rotatable bonds is 11. The number of nitrogens with one attached hydrogen (secondary N) is 2. The number of ketones is 1. The number of hydrogen-bond donors (Lipinski definition) is 4. The van der Waals surface area contributed by atoms with Gasteiger partial charge in [0.25, 0.3) is 0 Å². The Morgan fingerprint density at radius 3 is 2.22 bits per heavy atom. The summed E-state index contributed by atoms with van der Waals surface area (Å²) in [6.07, 6.45) is 5.95. The summed E-state index contributed by atoms with van der Waals surface area (Å²) in [4.78, 5) is 43.3. The molecule has 5 aromatic carbocycles. The predicted molar refractivity (Wildman–Crippen MR) is 198 cm³/mol. The molecule has 2 aliphatic carbocycles. The minimum absolute atomic E-state index is 0.0630. The van der Waals surface area contributed by atoms with Crippen LogP contribution in [0.5, 0.6) is 23.0 Å². The van der Waals surface area contributed by atoms with Crippen LogP contribution in [0.2, 0.25) is 0 Å². The van der Waals surface area contributed by atoms with E-state index in [9.17, 15) is 24.6 Å². The van der Waals surface area contributed by atoms with Crippen LogP contribution in [-0.4, -0.2) is 62.3 Å². The number of fused-ring (bicyclic) bond motifs is 1. The minimum atomic E-state index is -0.846. The van der Waals surface area contributed by atoms with Gasteiger partial charge in [0.2, 0.25) is 10.9 Å². The van der Waals surface area contributed by atoms with Crippen molar-refractivity contribution in [3.63, 3.8) is 0 Å². The van der Waals surface area contributed by atoms with E-state index in [0.29, 0.717) is 78.1 Å². The third-order valence-corrected chi connectivity index (χ3v) is 11.2. The first-order valence-corrected chi connectivity index (χ1v) is 17.7. The summed E-state index contributed by atoms with van der Waals surface area (Å²) < 4.78 is 18.2. The number of carbonyl (C=O) groups is 1. The maximum Gasteiger partial charge on any atom is 0.230 e. The Hall–Kier alpha value is -4.48. The number of benzene rings is 5. The van der Waals surface area contributed by atoms with E-state index in [0.717, 1.165) is 37.4 Å². The molecule has 2 aliphatic rings. The maximum absolute atomic E-state index is 14.9. The number of carbonyl (C=O) groups excluding carboxylic acids is 1. The monoisotopic (exact) mass is 684 g/mol. The Kier molecular flexibility index (Phi) is 8.39. The average Bonchev–Trinajstić information content (AvgIpc) is 3.54. The van der Waals surface area contributed by atoms with Crippen LogP contribution < -0.4 is 35.7 Å². The standard InChI is InChI=1S/C38H40N2O8S/c1-7-39-32-19-14-16(2)22(17(3)42)29-26-23(19)27-30(37(48-6)38(49-13-12-41)35(45)31(27)33(32)43)25-21(46-4)15-20(40-18-10-8-9-11-18)24(28(25)26)34(44)36(29)47-5/h14-15,18,22,39-41,43H,7-13H2,1-6H3. The van der Waals surface area contributed by atoms with Gasteiger partial charge in [-0.3, -0.25) is 14.4 Å². The summed E-state index contributed by atoms with van der Waals surface area (Å²) in [6, 6.07) is 1.98. The Balaban J connectivity index is 1.91. The SMILES string of the molecule is CCNc1c(O)c2c(=O)c(SCCO)c(OC)c3c4c(OC)cc(NC5CCCC5)c5c(=O)c(OC)c6c(c(c1C=C(C)C6C(C)=O)c23)c54. The molecule has 49 heavy (non-hydrogen) atoms. The summed E-state index contributed by atoms with van der Waals surface area (Å²) in [5, 5.41) is 32.5. The molecule has 1 saturated carbocycles. The van der Waals surface area contributed by atoms with Gasteiger partial charge in [-0.25, -0.2) is 0 Å². The van der Waals surface area contributed by atoms with E-state index < -0.39 is 11.3 Å². The third kappa shape index (κ3) is 4.61. The Morgan fingerprint density at radius 1 is 0.918 bits per heavy atom. The molecule has 0 bridgehead atoms. The smallest absolute Gasteiger partial charge is 0.230 e. The Bertz CT molecular complexity index is 2330. The molecule has 4 N–H and O–H groups in total. The zero-order chi connectivity index (χ0) is 34.9. The van der Waals surface area contributed by atoms with Crippen molar-refractivity contribution >= 4 is 78.1 Å². The second kappa shape index (κ2) is 12.4. The number of aromatic hydroxyl groups is 1. The molecule has 10 nitrogen and oxygen atoms in total. The molecule has 0 aliphatic heterocycles. The van der Waals surface area contributed by atoms with Gasteiger partial charge in [-0.1, -0.05) is 24.5 Å². The number of phenols is 1. The Labute approximate surface area is 287 Å². The van der Waals surface area contributed by atoms with E-state index in [4.69, 9.17) is 14.2 Å². The third-order valence-electron chi connectivity index (χ3n) is 10.2. The number of Topliss-reactive ketones (excluding diaryl/α,β-unsaturated/α-hetero) is 1. The Morgan fingerprint density at radius 2 is 1.61 bits per heavy atom. The van der Waals surface area contributed by atoms with Gasteiger partial charge >= 0.3 is 0 Å². The first-order valence-electron chi connectivity index (χ1n) is 16.7. The number of allylic oxidation sites excluding steroid dienone is 1. The molecule has 11 heteroatoms. The molecule has 5 aromatic rings. The largest absolute Gasteiger partial charge is 0.505 e. The number of methoxy groups -OCH3 is 3. The highest BCUT2D eigenvalue weighted by Gasteiger charge is 2.38. The molecule has 0 aromatic heterocycles. The van der Waals surface area contributed by atoms with Gasteiger partial charge in [-0.2, -0.15) is 0 Å². The highest BCUT2D eigenvalue weighted by Crippen LogP contribution is 2.57. The van der Waals surface area contributed by atoms with Crippen molar-refractivity contribution in [2.24, 2.45) is 0 Å². The summed E-state index contributed by atoms with van der Waals surface area (Å²) in [5.74, 6) is -0.288. The fourth-order valence-corrected chi connectivity index (χ4v) is 9.23. The van der Waals surface area contributed by atoms with Crippen molar-refractivity contribution in [1.29, 1.82) is 0 Å². The van der Waals surface area contributed by atoms with Gasteiger partial charge in [0.15, 0.2) is 11.5 Å². The van der Waals surface area contributed by atoms with Gasteiger partial charge in [-0.15, -0.1) is 11.8 Å². The minimum Gasteiger partial charge on any atom is -0.505 e. The van der Waals surface area contributed by atoms with Gasteiger partial charge in [0.05, 0.1) is 60.9 Å². The first kappa shape index (κ1) is 33.0. The fourth-order valence-electron chi connectivity index (χ4n) is 8.38. The summed E-state index contributed by atoms with van der Waals surface area (Å²) >= 11 is 1.14. The lowest BCUT2D eigenvalue weighted by molar-refractivity contribution is -0.117. The molecule has 1 atom stereocenters. The van der Waals surface area contributed by atoms with E-state index in [1.54, 1.807) is 7.11 Å². The van der Waals surface area contributed by atoms with Crippen molar-refractivity contribution in [2.45, 2.75) is 63.3 Å². The van der Waals surface area contributed by atoms with Crippen LogP contribution in [0.4, 0.5) is 11.4 Å². The molecule has 256 valence electrons. The van der Waals surface area contributed by atoms with Crippen molar-refractivity contribution in [3.8, 4) is 23.0 Å². The van der Waals surface area contributed by atoms with Gasteiger partial charge < -0.3 is 35.1 Å². The van der Waals surface area contributed by atoms with E-state index in [1.807, 2.05) is 26.0 Å². The molecule has 0 spiro atoms. The number of ether oxygens (including phenoxy) is 3. The molecule has 0 heterocycles. The van der Waals surface area contributed by atoms with Crippen molar-refractivity contribution < 1.29 is 29.2 Å². The highest BCUT2D eigenvalue weighted by atomic mass is 32.2. The van der Waals surface area contributed by atoms with E-state index >= 15 is 0 Å². The summed E-state index contributed by atoms with van der Waals surface area (Å²) in [6.45, 7) is 5.48. The van der Waals surface area contributed by atoms with E-state index in [-0.39, 0.29) is 57.1 Å². The van der Waals surface area contributed by atoms with Crippen molar-refractivity contribution in [3.05, 3.63) is 43.2 Å². The predicted octanol–water partition coefficient (Wildman–Crippen LogP) is 6.59. The molecule has 1 unspecified atom stereocenters. The lowest BCUT2D eigenvalue weighted by Gasteiger charge is -2.27. The second-order valence-electron chi connectivity index (χ2n) is 12.9. The number of thioether (sulfide) groups is 1. The van der Waals surface area contributed by atoms with Crippen LogP contribution in [0.1, 0.15) is 63.5 Å². The van der Waals surface area contributed by atoms with E-state index in [1.165, 1.54) is 21.1 Å². The maximum atomic E-state index is 14.9. The van der Waals surface area contributed by atoms with Crippen molar-refractivity contribution in [2.75, 3.05) is 50.9 Å². The number of aliphatic hydroxyl groups excluding tert-OH is 1. The second-order valence-corrected chi connectivity index (χ2v) is 14.0. The van der Waals surface area contributed by atoms with Crippen LogP contribution in [0, 0.1) is 0 Å². The normalized spacial score (nSPS) is 16.2. The summed E-state index contributed by atoms with van der Waals surface area (Å²) in [7, 11) is 4.48. The molecular formula is C38H40N2O8S. The average molecular weight is 685 g/mol. The van der Waals surface area contributed by atoms with Crippen LogP contribution in [0.15, 0.2) is 26.1 Å². The number of hydrogen-bond acceptors (Lipinski definition) is 11. The van der Waals surface area contributed by atoms with Crippen LogP contribution >= 0.6 is 11.8 Å². The van der Waals surface area contributed by atoms with Gasteiger partial charge in [-0.05, 0) is 39.0 Å². The molecule has 1 fully saturated rings. The molecule has 0 radical (unpaired) electrons. The van der Waals surface area contributed by atoms with Crippen LogP contribution in [0.3, 0.4) is 0 Å². The lowest BCUT2D eigenvalue weighted by Crippen LogP contribution is -2.20. The zero-order valence-electron chi connectivity index (χ0n) is 28.5.